The van der Waals surface area contributed by atoms with Gasteiger partial charge in [-0.3, -0.25) is 4.79 Å². The van der Waals surface area contributed by atoms with Crippen molar-refractivity contribution in [1.82, 2.24) is 0 Å². The fourth-order valence-electron chi connectivity index (χ4n) is 1.84. The van der Waals surface area contributed by atoms with Crippen molar-refractivity contribution in [2.24, 2.45) is 5.92 Å². The number of carbonyl (C=O) groups is 1. The van der Waals surface area contributed by atoms with E-state index in [1.807, 2.05) is 12.1 Å². The van der Waals surface area contributed by atoms with E-state index in [2.05, 4.69) is 28.6 Å². The fourth-order valence-corrected chi connectivity index (χ4v) is 2.73. The number of benzene rings is 1. The standard InChI is InChI=1S/C11H11BrClNOS/c12-11-8(13)2-1-3-9(11)14-5-7(6-16)4-10(14)15/h1-3,7,16H,4-6H2. The van der Waals surface area contributed by atoms with Crippen molar-refractivity contribution >= 4 is 51.8 Å². The molecular formula is C11H11BrClNOS. The van der Waals surface area contributed by atoms with Crippen molar-refractivity contribution < 1.29 is 4.79 Å². The molecule has 1 atom stereocenters. The molecule has 16 heavy (non-hydrogen) atoms. The minimum atomic E-state index is 0.141. The molecule has 0 radical (unpaired) electrons. The molecule has 0 N–H and O–H groups in total. The Hall–Kier alpha value is -0.190. The molecule has 1 unspecified atom stereocenters. The SMILES string of the molecule is O=C1CC(CS)CN1c1cccc(Cl)c1Br. The van der Waals surface area contributed by atoms with Crippen molar-refractivity contribution in [1.29, 1.82) is 0 Å². The minimum absolute atomic E-state index is 0.141. The summed E-state index contributed by atoms with van der Waals surface area (Å²) in [5.74, 6) is 1.21. The molecule has 86 valence electrons. The van der Waals surface area contributed by atoms with Gasteiger partial charge in [-0.2, -0.15) is 12.6 Å². The number of rotatable bonds is 2. The van der Waals surface area contributed by atoms with Crippen LogP contribution in [0.1, 0.15) is 6.42 Å². The fraction of sp³-hybridized carbons (Fsp3) is 0.364. The first kappa shape index (κ1) is 12.3. The van der Waals surface area contributed by atoms with Crippen LogP contribution in [0.2, 0.25) is 5.02 Å². The van der Waals surface area contributed by atoms with Gasteiger partial charge in [0.15, 0.2) is 0 Å². The van der Waals surface area contributed by atoms with Gasteiger partial charge in [0.05, 0.1) is 15.2 Å². The highest BCUT2D eigenvalue weighted by Gasteiger charge is 2.30. The third kappa shape index (κ3) is 2.24. The molecule has 1 amide bonds. The second kappa shape index (κ2) is 4.98. The summed E-state index contributed by atoms with van der Waals surface area (Å²) in [6.45, 7) is 0.723. The molecule has 1 saturated heterocycles. The van der Waals surface area contributed by atoms with E-state index in [0.717, 1.165) is 22.5 Å². The van der Waals surface area contributed by atoms with Gasteiger partial charge in [0.1, 0.15) is 0 Å². The van der Waals surface area contributed by atoms with Crippen molar-refractivity contribution in [3.8, 4) is 0 Å². The van der Waals surface area contributed by atoms with E-state index in [1.165, 1.54) is 0 Å². The first-order valence-electron chi connectivity index (χ1n) is 4.98. The van der Waals surface area contributed by atoms with Crippen LogP contribution in [0.5, 0.6) is 0 Å². The van der Waals surface area contributed by atoms with E-state index in [1.54, 1.807) is 11.0 Å². The molecule has 1 heterocycles. The van der Waals surface area contributed by atoms with Crippen molar-refractivity contribution in [2.75, 3.05) is 17.2 Å². The lowest BCUT2D eigenvalue weighted by molar-refractivity contribution is -0.117. The number of nitrogens with zero attached hydrogens (tertiary/aromatic N) is 1. The number of thiol groups is 1. The van der Waals surface area contributed by atoms with Crippen molar-refractivity contribution in [2.45, 2.75) is 6.42 Å². The average Bonchev–Trinajstić information content (AvgIpc) is 2.64. The normalized spacial score (nSPS) is 20.6. The Bertz CT molecular complexity index is 426. The van der Waals surface area contributed by atoms with Crippen LogP contribution in [0.15, 0.2) is 22.7 Å². The lowest BCUT2D eigenvalue weighted by atomic mass is 10.1. The van der Waals surface area contributed by atoms with E-state index in [0.29, 0.717) is 17.4 Å². The molecule has 2 rings (SSSR count). The van der Waals surface area contributed by atoms with Crippen LogP contribution < -0.4 is 4.90 Å². The quantitative estimate of drug-likeness (QED) is 0.828. The van der Waals surface area contributed by atoms with E-state index in [4.69, 9.17) is 11.6 Å². The molecule has 1 fully saturated rings. The summed E-state index contributed by atoms with van der Waals surface area (Å²) in [5, 5.41) is 0.625. The molecule has 1 aromatic carbocycles. The van der Waals surface area contributed by atoms with E-state index in [9.17, 15) is 4.79 Å². The zero-order valence-electron chi connectivity index (χ0n) is 8.49. The van der Waals surface area contributed by atoms with Crippen LogP contribution in [0, 0.1) is 5.92 Å². The van der Waals surface area contributed by atoms with Crippen LogP contribution in [-0.4, -0.2) is 18.2 Å². The van der Waals surface area contributed by atoms with Crippen LogP contribution in [-0.2, 0) is 4.79 Å². The highest BCUT2D eigenvalue weighted by molar-refractivity contribution is 9.10. The highest BCUT2D eigenvalue weighted by Crippen LogP contribution is 2.35. The van der Waals surface area contributed by atoms with E-state index >= 15 is 0 Å². The van der Waals surface area contributed by atoms with Crippen molar-refractivity contribution in [3.63, 3.8) is 0 Å². The molecule has 0 saturated carbocycles. The van der Waals surface area contributed by atoms with Gasteiger partial charge in [-0.15, -0.1) is 0 Å². The zero-order valence-corrected chi connectivity index (χ0v) is 11.7. The predicted octanol–water partition coefficient (Wildman–Crippen LogP) is 3.39. The lowest BCUT2D eigenvalue weighted by Crippen LogP contribution is -2.25. The summed E-state index contributed by atoms with van der Waals surface area (Å²) in [6.07, 6.45) is 0.572. The minimum Gasteiger partial charge on any atom is -0.311 e. The molecule has 1 aromatic rings. The third-order valence-electron chi connectivity index (χ3n) is 2.69. The highest BCUT2D eigenvalue weighted by atomic mass is 79.9. The number of halogens is 2. The second-order valence-corrected chi connectivity index (χ2v) is 5.40. The van der Waals surface area contributed by atoms with Gasteiger partial charge < -0.3 is 4.90 Å². The molecule has 5 heteroatoms. The van der Waals surface area contributed by atoms with Gasteiger partial charge in [-0.25, -0.2) is 0 Å². The molecular weight excluding hydrogens is 310 g/mol. The maximum absolute atomic E-state index is 11.8. The Labute approximate surface area is 113 Å². The Morgan fingerprint density at radius 2 is 2.31 bits per heavy atom. The van der Waals surface area contributed by atoms with Crippen molar-refractivity contribution in [3.05, 3.63) is 27.7 Å². The molecule has 1 aliphatic heterocycles. The Balaban J connectivity index is 2.31. The molecule has 0 bridgehead atoms. The smallest absolute Gasteiger partial charge is 0.227 e. The molecule has 0 aliphatic carbocycles. The number of carbonyl (C=O) groups excluding carboxylic acids is 1. The van der Waals surface area contributed by atoms with Gasteiger partial charge in [0, 0.05) is 13.0 Å². The van der Waals surface area contributed by atoms with Gasteiger partial charge in [0.2, 0.25) is 5.91 Å². The average molecular weight is 321 g/mol. The van der Waals surface area contributed by atoms with Crippen LogP contribution >= 0.6 is 40.2 Å². The maximum atomic E-state index is 11.8. The first-order valence-corrected chi connectivity index (χ1v) is 6.79. The third-order valence-corrected chi connectivity index (χ3v) is 4.58. The molecule has 2 nitrogen and oxygen atoms in total. The Morgan fingerprint density at radius 3 is 2.94 bits per heavy atom. The summed E-state index contributed by atoms with van der Waals surface area (Å²) < 4.78 is 0.782. The maximum Gasteiger partial charge on any atom is 0.227 e. The second-order valence-electron chi connectivity index (χ2n) is 3.83. The summed E-state index contributed by atoms with van der Waals surface area (Å²) in [7, 11) is 0. The number of hydrogen-bond acceptors (Lipinski definition) is 2. The van der Waals surface area contributed by atoms with Crippen LogP contribution in [0.25, 0.3) is 0 Å². The Morgan fingerprint density at radius 1 is 1.56 bits per heavy atom. The topological polar surface area (TPSA) is 20.3 Å². The van der Waals surface area contributed by atoms with E-state index < -0.39 is 0 Å². The Kier molecular flexibility index (Phi) is 3.82. The molecule has 0 aromatic heterocycles. The summed E-state index contributed by atoms with van der Waals surface area (Å²) >= 11 is 13.7. The number of hydrogen-bond donors (Lipinski definition) is 1. The van der Waals surface area contributed by atoms with Crippen LogP contribution in [0.3, 0.4) is 0 Å². The summed E-state index contributed by atoms with van der Waals surface area (Å²) in [4.78, 5) is 13.6. The first-order chi connectivity index (χ1) is 7.63. The van der Waals surface area contributed by atoms with Crippen LogP contribution in [0.4, 0.5) is 5.69 Å². The molecule has 0 spiro atoms. The molecule has 1 aliphatic rings. The zero-order chi connectivity index (χ0) is 11.7. The number of amides is 1. The van der Waals surface area contributed by atoms with Gasteiger partial charge in [0.25, 0.3) is 0 Å². The largest absolute Gasteiger partial charge is 0.311 e. The van der Waals surface area contributed by atoms with Gasteiger partial charge in [-0.05, 0) is 39.7 Å². The predicted molar refractivity (Wildman–Crippen MR) is 73.5 cm³/mol. The lowest BCUT2D eigenvalue weighted by Gasteiger charge is -2.18. The number of anilines is 1. The monoisotopic (exact) mass is 319 g/mol. The van der Waals surface area contributed by atoms with E-state index in [-0.39, 0.29) is 5.91 Å². The summed E-state index contributed by atoms with van der Waals surface area (Å²) in [5.41, 5.74) is 0.849. The van der Waals surface area contributed by atoms with Gasteiger partial charge in [-0.1, -0.05) is 17.7 Å². The van der Waals surface area contributed by atoms with Gasteiger partial charge >= 0.3 is 0 Å². The summed E-state index contributed by atoms with van der Waals surface area (Å²) in [6, 6.07) is 5.55.